The average molecular weight is 524 g/mol. The zero-order valence-electron chi connectivity index (χ0n) is 20.4. The quantitative estimate of drug-likeness (QED) is 0.289. The first-order valence-electron chi connectivity index (χ1n) is 12.2. The molecule has 200 valence electrons. The molecule has 8 nitrogen and oxygen atoms in total. The van der Waals surface area contributed by atoms with Crippen LogP contribution in [0.2, 0.25) is 0 Å². The molecule has 0 bridgehead atoms. The van der Waals surface area contributed by atoms with Crippen LogP contribution in [0.25, 0.3) is 0 Å². The van der Waals surface area contributed by atoms with E-state index in [1.807, 2.05) is 0 Å². The number of esters is 1. The molecule has 0 spiro atoms. The third-order valence-electron chi connectivity index (χ3n) is 6.97. The summed E-state index contributed by atoms with van der Waals surface area (Å²) in [4.78, 5) is 33.9. The van der Waals surface area contributed by atoms with Crippen LogP contribution in [0, 0.1) is 17.7 Å². The van der Waals surface area contributed by atoms with Crippen LogP contribution in [0.5, 0.6) is 0 Å². The van der Waals surface area contributed by atoms with Crippen LogP contribution < -0.4 is 5.32 Å². The van der Waals surface area contributed by atoms with Gasteiger partial charge in [0.15, 0.2) is 0 Å². The number of hydrogen-bond acceptors (Lipinski definition) is 7. The number of nitrogens with one attached hydrogen (secondary N) is 1. The summed E-state index contributed by atoms with van der Waals surface area (Å²) in [5.41, 5.74) is 0.772. The molecule has 1 aromatic heterocycles. The third kappa shape index (κ3) is 6.54. The van der Waals surface area contributed by atoms with E-state index in [4.69, 9.17) is 0 Å². The third-order valence-corrected chi connectivity index (χ3v) is 6.97. The van der Waals surface area contributed by atoms with E-state index in [9.17, 15) is 27.2 Å². The van der Waals surface area contributed by atoms with Gasteiger partial charge in [0, 0.05) is 31.4 Å². The highest BCUT2D eigenvalue weighted by atomic mass is 19.3. The van der Waals surface area contributed by atoms with Gasteiger partial charge in [-0.3, -0.25) is 4.79 Å². The smallest absolute Gasteiger partial charge is 0.341 e. The van der Waals surface area contributed by atoms with Gasteiger partial charge >= 0.3 is 17.8 Å². The summed E-state index contributed by atoms with van der Waals surface area (Å²) >= 11 is 0. The van der Waals surface area contributed by atoms with Crippen LogP contribution in [0.1, 0.15) is 41.1 Å². The standard InChI is InChI=1S/C25H29F4N5O3/c1-37-22(35)18-13-31-24(32-14-18)30-8-11-33-9-6-16(7-10-33)15-34(29)23(36)25(27,28)21-12-20(21)17-2-4-19(26)5-3-17/h2-5,13-14,16,20-21H,6-12,15H2,1H3,(H,30,31,32). The lowest BCUT2D eigenvalue weighted by molar-refractivity contribution is -0.178. The van der Waals surface area contributed by atoms with Crippen LogP contribution >= 0.6 is 0 Å². The lowest BCUT2D eigenvalue weighted by Gasteiger charge is -2.33. The Morgan fingerprint density at radius 1 is 1.16 bits per heavy atom. The van der Waals surface area contributed by atoms with Gasteiger partial charge in [-0.15, -0.1) is 0 Å². The van der Waals surface area contributed by atoms with Crippen molar-refractivity contribution in [2.45, 2.75) is 31.1 Å². The number of carbonyl (C=O) groups excluding carboxylic acids is 2. The minimum Gasteiger partial charge on any atom is -0.465 e. The van der Waals surface area contributed by atoms with E-state index in [0.29, 0.717) is 50.5 Å². The Balaban J connectivity index is 1.17. The number of carbonyl (C=O) groups is 2. The number of benzene rings is 1. The van der Waals surface area contributed by atoms with Crippen LogP contribution in [-0.4, -0.2) is 77.6 Å². The second-order valence-corrected chi connectivity index (χ2v) is 9.47. The Bertz CT molecular complexity index is 1080. The van der Waals surface area contributed by atoms with Gasteiger partial charge in [0.1, 0.15) is 5.82 Å². The van der Waals surface area contributed by atoms with Gasteiger partial charge in [-0.2, -0.15) is 13.9 Å². The number of likely N-dealkylation sites (tertiary alicyclic amines) is 1. The molecular weight excluding hydrogens is 494 g/mol. The highest BCUT2D eigenvalue weighted by Crippen LogP contribution is 2.56. The first kappa shape index (κ1) is 26.8. The van der Waals surface area contributed by atoms with Crippen molar-refractivity contribution in [3.05, 3.63) is 53.6 Å². The lowest BCUT2D eigenvalue weighted by Crippen LogP contribution is -2.45. The van der Waals surface area contributed by atoms with Gasteiger partial charge in [-0.25, -0.2) is 19.2 Å². The molecule has 1 aromatic carbocycles. The van der Waals surface area contributed by atoms with Crippen LogP contribution in [0.15, 0.2) is 36.7 Å². The van der Waals surface area contributed by atoms with Crippen molar-refractivity contribution >= 4 is 17.8 Å². The molecule has 1 N–H and O–H groups in total. The summed E-state index contributed by atoms with van der Waals surface area (Å²) in [6.45, 7) is 2.12. The Morgan fingerprint density at radius 2 is 1.81 bits per heavy atom. The van der Waals surface area contributed by atoms with E-state index >= 15 is 0 Å². The molecule has 1 saturated carbocycles. The number of aromatic nitrogens is 2. The summed E-state index contributed by atoms with van der Waals surface area (Å²) in [6.07, 6.45) is 3.94. The molecule has 2 fully saturated rings. The molecule has 2 unspecified atom stereocenters. The summed E-state index contributed by atoms with van der Waals surface area (Å²) < 4.78 is 61.6. The molecule has 0 radical (unpaired) electrons. The minimum atomic E-state index is -3.81. The number of ether oxygens (including phenoxy) is 1. The molecule has 2 aromatic rings. The zero-order valence-corrected chi connectivity index (χ0v) is 20.4. The average Bonchev–Trinajstić information content (AvgIpc) is 3.71. The predicted octanol–water partition coefficient (Wildman–Crippen LogP) is 3.68. The lowest BCUT2D eigenvalue weighted by atomic mass is 9.96. The number of rotatable bonds is 10. The molecule has 4 rings (SSSR count). The predicted molar refractivity (Wildman–Crippen MR) is 126 cm³/mol. The molecule has 1 amide bonds. The van der Waals surface area contributed by atoms with Crippen molar-refractivity contribution in [1.82, 2.24) is 20.0 Å². The topological polar surface area (TPSA) is 87.7 Å². The number of anilines is 1. The highest BCUT2D eigenvalue weighted by molar-refractivity contribution is 5.88. The molecule has 1 saturated heterocycles. The fraction of sp³-hybridized carbons (Fsp3) is 0.520. The minimum absolute atomic E-state index is 0.0606. The first-order valence-corrected chi connectivity index (χ1v) is 12.2. The number of halogens is 4. The Hall–Kier alpha value is -3.28. The van der Waals surface area contributed by atoms with Gasteiger partial charge in [-0.1, -0.05) is 16.6 Å². The number of piperidine rings is 1. The van der Waals surface area contributed by atoms with Crippen molar-refractivity contribution in [1.29, 1.82) is 0 Å². The molecular formula is C25H29F4N5O3. The maximum Gasteiger partial charge on any atom is 0.341 e. The number of alkyl halides is 2. The molecule has 1 aliphatic heterocycles. The molecule has 1 aliphatic carbocycles. The van der Waals surface area contributed by atoms with E-state index in [0.717, 1.165) is 0 Å². The fourth-order valence-corrected chi connectivity index (χ4v) is 4.67. The summed E-state index contributed by atoms with van der Waals surface area (Å²) in [6, 6.07) is 5.22. The van der Waals surface area contributed by atoms with E-state index < -0.39 is 35.5 Å². The number of methoxy groups -OCH3 is 1. The second kappa shape index (κ2) is 11.4. The highest BCUT2D eigenvalue weighted by Gasteiger charge is 2.61. The maximum atomic E-state index is 14.7. The summed E-state index contributed by atoms with van der Waals surface area (Å²) in [7, 11) is 1.27. The Morgan fingerprint density at radius 3 is 2.43 bits per heavy atom. The Labute approximate surface area is 211 Å². The van der Waals surface area contributed by atoms with Gasteiger partial charge in [0.05, 0.1) is 19.2 Å². The second-order valence-electron chi connectivity index (χ2n) is 9.47. The monoisotopic (exact) mass is 523 g/mol. The normalized spacial score (nSPS) is 20.4. The molecule has 37 heavy (non-hydrogen) atoms. The van der Waals surface area contributed by atoms with Gasteiger partial charge < -0.3 is 15.0 Å². The van der Waals surface area contributed by atoms with Crippen molar-refractivity contribution in [3.8, 4) is 0 Å². The van der Waals surface area contributed by atoms with Gasteiger partial charge in [0.25, 0.3) is 0 Å². The zero-order chi connectivity index (χ0) is 26.6. The van der Waals surface area contributed by atoms with Gasteiger partial charge in [0.2, 0.25) is 5.95 Å². The van der Waals surface area contributed by atoms with E-state index in [1.54, 1.807) is 0 Å². The fourth-order valence-electron chi connectivity index (χ4n) is 4.67. The number of nitrogens with zero attached hydrogens (tertiary/aromatic N) is 4. The van der Waals surface area contributed by atoms with E-state index in [1.165, 1.54) is 43.8 Å². The van der Waals surface area contributed by atoms with Crippen molar-refractivity contribution in [2.75, 3.05) is 45.2 Å². The molecule has 2 heterocycles. The SMILES string of the molecule is COC(=O)c1cnc(NCCN2CCC(CN(F)C(=O)C(F)(F)C3CC3c3ccc(F)cc3)CC2)nc1. The molecule has 2 aliphatic rings. The van der Waals surface area contributed by atoms with Crippen molar-refractivity contribution in [3.63, 3.8) is 0 Å². The van der Waals surface area contributed by atoms with Crippen molar-refractivity contribution in [2.24, 2.45) is 11.8 Å². The van der Waals surface area contributed by atoms with Gasteiger partial charge in [-0.05, 0) is 61.9 Å². The number of hydrogen-bond donors (Lipinski definition) is 1. The molecule has 12 heteroatoms. The van der Waals surface area contributed by atoms with Crippen molar-refractivity contribution < 1.29 is 32.0 Å². The van der Waals surface area contributed by atoms with Crippen LogP contribution in [0.4, 0.5) is 23.6 Å². The van der Waals surface area contributed by atoms with E-state index in [-0.39, 0.29) is 29.6 Å². The summed E-state index contributed by atoms with van der Waals surface area (Å²) in [5, 5.41) is 2.73. The summed E-state index contributed by atoms with van der Waals surface area (Å²) in [5.74, 6) is -8.30. The largest absolute Gasteiger partial charge is 0.465 e. The Kier molecular flexibility index (Phi) is 8.25. The van der Waals surface area contributed by atoms with Crippen LogP contribution in [-0.2, 0) is 9.53 Å². The molecule has 2 atom stereocenters. The van der Waals surface area contributed by atoms with Crippen LogP contribution in [0.3, 0.4) is 0 Å². The maximum absolute atomic E-state index is 14.7. The first-order chi connectivity index (χ1) is 17.7. The number of amides is 1. The van der Waals surface area contributed by atoms with E-state index in [2.05, 4.69) is 24.9 Å².